The monoisotopic (exact) mass is 376 g/mol. The van der Waals surface area contributed by atoms with E-state index in [0.717, 1.165) is 24.1 Å². The van der Waals surface area contributed by atoms with Crippen LogP contribution in [0.3, 0.4) is 0 Å². The molecule has 0 spiro atoms. The second kappa shape index (κ2) is 7.55. The maximum Gasteiger partial charge on any atom is 0.243 e. The number of nitrogens with zero attached hydrogens (tertiary/aromatic N) is 1. The number of aryl methyl sites for hydroxylation is 1. The first kappa shape index (κ1) is 18.5. The first-order valence-electron chi connectivity index (χ1n) is 8.59. The van der Waals surface area contributed by atoms with E-state index in [9.17, 15) is 17.6 Å². The van der Waals surface area contributed by atoms with Crippen LogP contribution in [-0.4, -0.2) is 31.2 Å². The third-order valence-electron chi connectivity index (χ3n) is 4.56. The highest BCUT2D eigenvalue weighted by molar-refractivity contribution is 7.89. The Morgan fingerprint density at radius 3 is 2.42 bits per heavy atom. The quantitative estimate of drug-likeness (QED) is 0.872. The highest BCUT2D eigenvalue weighted by Crippen LogP contribution is 2.27. The van der Waals surface area contributed by atoms with Crippen LogP contribution in [0.2, 0.25) is 0 Å². The highest BCUT2D eigenvalue weighted by Gasteiger charge is 2.39. The van der Waals surface area contributed by atoms with E-state index in [-0.39, 0.29) is 17.3 Å². The molecule has 1 amide bonds. The average Bonchev–Trinajstić information content (AvgIpc) is 3.13. The third kappa shape index (κ3) is 3.78. The topological polar surface area (TPSA) is 66.5 Å². The number of halogens is 1. The fourth-order valence-corrected chi connectivity index (χ4v) is 4.74. The lowest BCUT2D eigenvalue weighted by Crippen LogP contribution is -2.43. The molecule has 0 aromatic heterocycles. The minimum Gasteiger partial charge on any atom is -0.325 e. The van der Waals surface area contributed by atoms with Crippen molar-refractivity contribution in [3.63, 3.8) is 0 Å². The van der Waals surface area contributed by atoms with E-state index in [1.807, 2.05) is 31.2 Å². The van der Waals surface area contributed by atoms with Crippen LogP contribution < -0.4 is 5.32 Å². The first-order chi connectivity index (χ1) is 12.4. The molecule has 7 heteroatoms. The summed E-state index contributed by atoms with van der Waals surface area (Å²) in [7, 11) is -3.85. The molecule has 1 atom stereocenters. The molecule has 1 aliphatic rings. The van der Waals surface area contributed by atoms with E-state index in [4.69, 9.17) is 0 Å². The molecule has 138 valence electrons. The summed E-state index contributed by atoms with van der Waals surface area (Å²) >= 11 is 0. The van der Waals surface area contributed by atoms with Gasteiger partial charge in [-0.1, -0.05) is 19.1 Å². The van der Waals surface area contributed by atoms with Crippen LogP contribution in [0.4, 0.5) is 10.1 Å². The minimum atomic E-state index is -3.85. The smallest absolute Gasteiger partial charge is 0.243 e. The van der Waals surface area contributed by atoms with Crippen LogP contribution in [0, 0.1) is 5.82 Å². The molecular weight excluding hydrogens is 355 g/mol. The predicted molar refractivity (Wildman–Crippen MR) is 97.8 cm³/mol. The number of carbonyl (C=O) groups excluding carboxylic acids is 1. The second-order valence-electron chi connectivity index (χ2n) is 6.27. The van der Waals surface area contributed by atoms with Gasteiger partial charge in [0.05, 0.1) is 4.90 Å². The number of hydrogen-bond acceptors (Lipinski definition) is 3. The largest absolute Gasteiger partial charge is 0.325 e. The van der Waals surface area contributed by atoms with Crippen LogP contribution in [0.5, 0.6) is 0 Å². The molecule has 1 aliphatic heterocycles. The molecular formula is C19H21FN2O3S. The third-order valence-corrected chi connectivity index (χ3v) is 6.48. The van der Waals surface area contributed by atoms with Crippen molar-refractivity contribution in [3.05, 3.63) is 59.9 Å². The number of hydrogen-bond donors (Lipinski definition) is 1. The fourth-order valence-electron chi connectivity index (χ4n) is 3.08. The Bertz CT molecular complexity index is 880. The first-order valence-corrected chi connectivity index (χ1v) is 10.0. The number of amides is 1. The number of nitrogens with one attached hydrogen (secondary N) is 1. The Hall–Kier alpha value is -2.25. The van der Waals surface area contributed by atoms with E-state index in [2.05, 4.69) is 5.32 Å². The number of benzene rings is 2. The zero-order valence-corrected chi connectivity index (χ0v) is 15.3. The summed E-state index contributed by atoms with van der Waals surface area (Å²) in [6.07, 6.45) is 1.97. The zero-order valence-electron chi connectivity index (χ0n) is 14.5. The molecule has 1 saturated heterocycles. The van der Waals surface area contributed by atoms with Crippen molar-refractivity contribution in [2.45, 2.75) is 37.1 Å². The second-order valence-corrected chi connectivity index (χ2v) is 8.16. The van der Waals surface area contributed by atoms with Gasteiger partial charge in [-0.05, 0) is 61.2 Å². The summed E-state index contributed by atoms with van der Waals surface area (Å²) < 4.78 is 39.9. The lowest BCUT2D eigenvalue weighted by Gasteiger charge is -2.23. The van der Waals surface area contributed by atoms with Crippen LogP contribution in [-0.2, 0) is 21.2 Å². The van der Waals surface area contributed by atoms with Crippen molar-refractivity contribution in [1.29, 1.82) is 0 Å². The van der Waals surface area contributed by atoms with E-state index in [1.54, 1.807) is 0 Å². The summed E-state index contributed by atoms with van der Waals surface area (Å²) in [5.74, 6) is -0.854. The number of carbonyl (C=O) groups is 1. The van der Waals surface area contributed by atoms with Gasteiger partial charge in [-0.3, -0.25) is 4.79 Å². The molecule has 26 heavy (non-hydrogen) atoms. The predicted octanol–water partition coefficient (Wildman–Crippen LogP) is 3.18. The molecule has 1 unspecified atom stereocenters. The Morgan fingerprint density at radius 1 is 1.15 bits per heavy atom. The Labute approximate surface area is 152 Å². The Morgan fingerprint density at radius 2 is 1.81 bits per heavy atom. The van der Waals surface area contributed by atoms with Crippen molar-refractivity contribution in [1.82, 2.24) is 4.31 Å². The van der Waals surface area contributed by atoms with Crippen molar-refractivity contribution >= 4 is 21.6 Å². The van der Waals surface area contributed by atoms with Crippen molar-refractivity contribution < 1.29 is 17.6 Å². The average molecular weight is 376 g/mol. The summed E-state index contributed by atoms with van der Waals surface area (Å²) in [5.41, 5.74) is 1.79. The van der Waals surface area contributed by atoms with Gasteiger partial charge >= 0.3 is 0 Å². The summed E-state index contributed by atoms with van der Waals surface area (Å²) in [6, 6.07) is 11.4. The Kier molecular flexibility index (Phi) is 5.38. The molecule has 2 aromatic rings. The SMILES string of the molecule is CCc1ccc(NC(=O)C2CCCN2S(=O)(=O)c2ccc(F)cc2)cc1. The van der Waals surface area contributed by atoms with Gasteiger partial charge in [0.15, 0.2) is 0 Å². The van der Waals surface area contributed by atoms with E-state index < -0.39 is 21.9 Å². The maximum atomic E-state index is 13.1. The van der Waals surface area contributed by atoms with Crippen molar-refractivity contribution in [2.24, 2.45) is 0 Å². The van der Waals surface area contributed by atoms with E-state index in [0.29, 0.717) is 18.5 Å². The molecule has 0 bridgehead atoms. The minimum absolute atomic E-state index is 0.00843. The van der Waals surface area contributed by atoms with Gasteiger partial charge in [0.25, 0.3) is 0 Å². The molecule has 5 nitrogen and oxygen atoms in total. The van der Waals surface area contributed by atoms with Gasteiger partial charge in [-0.2, -0.15) is 4.31 Å². The van der Waals surface area contributed by atoms with Crippen LogP contribution in [0.1, 0.15) is 25.3 Å². The number of anilines is 1. The Balaban J connectivity index is 1.78. The molecule has 0 aliphatic carbocycles. The van der Waals surface area contributed by atoms with Gasteiger partial charge in [-0.25, -0.2) is 12.8 Å². The molecule has 1 heterocycles. The van der Waals surface area contributed by atoms with E-state index >= 15 is 0 Å². The molecule has 0 saturated carbocycles. The molecule has 1 N–H and O–H groups in total. The summed E-state index contributed by atoms with van der Waals surface area (Å²) in [4.78, 5) is 12.6. The standard InChI is InChI=1S/C19H21FN2O3S/c1-2-14-5-9-16(10-6-14)21-19(23)18-4-3-13-22(18)26(24,25)17-11-7-15(20)8-12-17/h5-12,18H,2-4,13H2,1H3,(H,21,23). The summed E-state index contributed by atoms with van der Waals surface area (Å²) in [6.45, 7) is 2.32. The van der Waals surface area contributed by atoms with Gasteiger partial charge in [0.2, 0.25) is 15.9 Å². The maximum absolute atomic E-state index is 13.1. The number of sulfonamides is 1. The zero-order chi connectivity index (χ0) is 18.7. The molecule has 0 radical (unpaired) electrons. The lowest BCUT2D eigenvalue weighted by molar-refractivity contribution is -0.119. The molecule has 2 aromatic carbocycles. The van der Waals surface area contributed by atoms with Gasteiger partial charge in [0.1, 0.15) is 11.9 Å². The number of rotatable bonds is 5. The van der Waals surface area contributed by atoms with Gasteiger partial charge in [-0.15, -0.1) is 0 Å². The fraction of sp³-hybridized carbons (Fsp3) is 0.316. The van der Waals surface area contributed by atoms with E-state index in [1.165, 1.54) is 16.4 Å². The highest BCUT2D eigenvalue weighted by atomic mass is 32.2. The summed E-state index contributed by atoms with van der Waals surface area (Å²) in [5, 5.41) is 2.79. The van der Waals surface area contributed by atoms with Crippen molar-refractivity contribution in [2.75, 3.05) is 11.9 Å². The van der Waals surface area contributed by atoms with Gasteiger partial charge in [0, 0.05) is 12.2 Å². The van der Waals surface area contributed by atoms with Crippen LogP contribution >= 0.6 is 0 Å². The lowest BCUT2D eigenvalue weighted by atomic mass is 10.1. The van der Waals surface area contributed by atoms with Crippen LogP contribution in [0.15, 0.2) is 53.4 Å². The van der Waals surface area contributed by atoms with Crippen molar-refractivity contribution in [3.8, 4) is 0 Å². The molecule has 1 fully saturated rings. The molecule has 3 rings (SSSR count). The normalized spacial score (nSPS) is 18.0. The van der Waals surface area contributed by atoms with Gasteiger partial charge < -0.3 is 5.32 Å². The van der Waals surface area contributed by atoms with Crippen LogP contribution in [0.25, 0.3) is 0 Å².